The zero-order valence-electron chi connectivity index (χ0n) is 16.4. The summed E-state index contributed by atoms with van der Waals surface area (Å²) in [5, 5.41) is 11.2. The van der Waals surface area contributed by atoms with Crippen molar-refractivity contribution in [3.8, 4) is 21.8 Å². The molecule has 154 valence electrons. The molecule has 0 saturated carbocycles. The van der Waals surface area contributed by atoms with Crippen molar-refractivity contribution in [1.29, 1.82) is 0 Å². The average molecular weight is 448 g/mol. The van der Waals surface area contributed by atoms with Crippen molar-refractivity contribution >= 4 is 39.2 Å². The Kier molecular flexibility index (Phi) is 4.97. The molecule has 0 radical (unpaired) electrons. The number of benzene rings is 1. The zero-order chi connectivity index (χ0) is 21.4. The lowest BCUT2D eigenvalue weighted by atomic mass is 10.1. The smallest absolute Gasteiger partial charge is 0.267 e. The molecule has 4 heterocycles. The Hall–Kier alpha value is -3.56. The Morgan fingerprint density at radius 1 is 1.06 bits per heavy atom. The van der Waals surface area contributed by atoms with Gasteiger partial charge in [0.05, 0.1) is 10.6 Å². The molecule has 9 heteroatoms. The monoisotopic (exact) mass is 447 g/mol. The molecule has 0 aliphatic heterocycles. The van der Waals surface area contributed by atoms with Crippen LogP contribution < -0.4 is 10.9 Å². The van der Waals surface area contributed by atoms with Crippen molar-refractivity contribution in [2.24, 2.45) is 0 Å². The van der Waals surface area contributed by atoms with Gasteiger partial charge < -0.3 is 5.32 Å². The molecule has 0 spiro atoms. The maximum absolute atomic E-state index is 12.9. The third-order valence-corrected chi connectivity index (χ3v) is 6.53. The topological polar surface area (TPSA) is 81.3 Å². The zero-order valence-corrected chi connectivity index (χ0v) is 18.1. The highest BCUT2D eigenvalue weighted by Gasteiger charge is 2.19. The summed E-state index contributed by atoms with van der Waals surface area (Å²) < 4.78 is 3.18. The maximum atomic E-state index is 12.9. The van der Waals surface area contributed by atoms with Crippen LogP contribution in [0.3, 0.4) is 0 Å². The number of thiazole rings is 1. The van der Waals surface area contributed by atoms with Crippen molar-refractivity contribution in [2.45, 2.75) is 13.0 Å². The van der Waals surface area contributed by atoms with Crippen molar-refractivity contribution in [1.82, 2.24) is 19.2 Å². The first-order valence-electron chi connectivity index (χ1n) is 9.56. The minimum absolute atomic E-state index is 0.319. The Bertz CT molecular complexity index is 1400. The first kappa shape index (κ1) is 19.4. The van der Waals surface area contributed by atoms with Crippen molar-refractivity contribution in [3.63, 3.8) is 0 Å². The number of anilines is 1. The number of aromatic nitrogens is 4. The minimum atomic E-state index is -0.769. The second kappa shape index (κ2) is 7.93. The number of fused-ring (bicyclic) bond motifs is 1. The summed E-state index contributed by atoms with van der Waals surface area (Å²) in [7, 11) is 0. The molecule has 5 rings (SSSR count). The van der Waals surface area contributed by atoms with Crippen molar-refractivity contribution in [3.05, 3.63) is 82.0 Å². The van der Waals surface area contributed by atoms with Crippen LogP contribution in [0.5, 0.6) is 0 Å². The Labute approximate surface area is 185 Å². The molecule has 1 N–H and O–H groups in total. The number of carbonyl (C=O) groups is 1. The summed E-state index contributed by atoms with van der Waals surface area (Å²) in [5.74, 6) is -0.319. The molecule has 1 aromatic carbocycles. The second-order valence-corrected chi connectivity index (χ2v) is 8.76. The molecule has 0 bridgehead atoms. The van der Waals surface area contributed by atoms with Gasteiger partial charge in [-0.25, -0.2) is 9.67 Å². The highest BCUT2D eigenvalue weighted by molar-refractivity contribution is 7.15. The van der Waals surface area contributed by atoms with Gasteiger partial charge in [0.25, 0.3) is 5.56 Å². The predicted octanol–water partition coefficient (Wildman–Crippen LogP) is 4.55. The number of carbonyl (C=O) groups excluding carboxylic acids is 1. The summed E-state index contributed by atoms with van der Waals surface area (Å²) in [6.45, 7) is 1.66. The molecule has 4 aromatic heterocycles. The van der Waals surface area contributed by atoms with Gasteiger partial charge in [-0.15, -0.1) is 22.7 Å². The fourth-order valence-corrected chi connectivity index (χ4v) is 4.63. The SMILES string of the molecule is C[C@H](C(=O)Nc1cccc(-c2cn3ccsc3n2)c1)n1nc(-c2cccs2)ccc1=O. The summed E-state index contributed by atoms with van der Waals surface area (Å²) in [6, 6.07) is 13.7. The molecular weight excluding hydrogens is 430 g/mol. The molecule has 0 aliphatic carbocycles. The first-order chi connectivity index (χ1) is 15.1. The number of rotatable bonds is 5. The van der Waals surface area contributed by atoms with Gasteiger partial charge in [0.15, 0.2) is 4.96 Å². The van der Waals surface area contributed by atoms with Gasteiger partial charge in [-0.1, -0.05) is 18.2 Å². The van der Waals surface area contributed by atoms with Gasteiger partial charge in [-0.3, -0.25) is 14.0 Å². The van der Waals surface area contributed by atoms with Crippen LogP contribution in [0.1, 0.15) is 13.0 Å². The van der Waals surface area contributed by atoms with Gasteiger partial charge in [-0.2, -0.15) is 5.10 Å². The van der Waals surface area contributed by atoms with Crippen molar-refractivity contribution < 1.29 is 4.79 Å². The van der Waals surface area contributed by atoms with Crippen molar-refractivity contribution in [2.75, 3.05) is 5.32 Å². The van der Waals surface area contributed by atoms with Crippen LogP contribution in [0.25, 0.3) is 26.8 Å². The molecule has 0 saturated heterocycles. The maximum Gasteiger partial charge on any atom is 0.267 e. The van der Waals surface area contributed by atoms with E-state index in [1.807, 2.05) is 64.0 Å². The van der Waals surface area contributed by atoms with Gasteiger partial charge in [0, 0.05) is 35.1 Å². The molecule has 1 atom stereocenters. The van der Waals surface area contributed by atoms with E-state index in [1.165, 1.54) is 22.1 Å². The molecule has 0 aliphatic rings. The predicted molar refractivity (Wildman–Crippen MR) is 124 cm³/mol. The largest absolute Gasteiger partial charge is 0.324 e. The molecule has 0 unspecified atom stereocenters. The normalized spacial score (nSPS) is 12.2. The van der Waals surface area contributed by atoms with Gasteiger partial charge in [0.1, 0.15) is 11.7 Å². The molecule has 5 aromatic rings. The van der Waals surface area contributed by atoms with Crippen LogP contribution in [0, 0.1) is 0 Å². The summed E-state index contributed by atoms with van der Waals surface area (Å²) in [5.41, 5.74) is 2.70. The number of amides is 1. The van der Waals surface area contributed by atoms with E-state index in [9.17, 15) is 9.59 Å². The van der Waals surface area contributed by atoms with Gasteiger partial charge in [-0.05, 0) is 36.6 Å². The third kappa shape index (κ3) is 3.80. The number of hydrogen-bond donors (Lipinski definition) is 1. The van der Waals surface area contributed by atoms with Crippen LogP contribution in [-0.2, 0) is 4.79 Å². The van der Waals surface area contributed by atoms with Gasteiger partial charge >= 0.3 is 0 Å². The molecular formula is C22H17N5O2S2. The standard InChI is InChI=1S/C22H17N5O2S2/c1-14(27-20(28)8-7-17(25-27)19-6-3-10-30-19)21(29)23-16-5-2-4-15(12-16)18-13-26-9-11-31-22(26)24-18/h2-14H,1H3,(H,23,29)/t14-/m1/s1. The van der Waals surface area contributed by atoms with E-state index in [4.69, 9.17) is 0 Å². The number of hydrogen-bond acceptors (Lipinski definition) is 6. The Morgan fingerprint density at radius 3 is 2.77 bits per heavy atom. The number of thiophene rings is 1. The number of nitrogens with zero attached hydrogens (tertiary/aromatic N) is 4. The molecule has 31 heavy (non-hydrogen) atoms. The lowest BCUT2D eigenvalue weighted by Crippen LogP contribution is -2.33. The van der Waals surface area contributed by atoms with Crippen LogP contribution in [0.4, 0.5) is 5.69 Å². The van der Waals surface area contributed by atoms with Crippen LogP contribution in [-0.4, -0.2) is 25.1 Å². The van der Waals surface area contributed by atoms with E-state index in [-0.39, 0.29) is 11.5 Å². The van der Waals surface area contributed by atoms with E-state index in [0.29, 0.717) is 11.4 Å². The summed E-state index contributed by atoms with van der Waals surface area (Å²) in [6.07, 6.45) is 3.91. The van der Waals surface area contributed by atoms with E-state index in [0.717, 1.165) is 21.1 Å². The Morgan fingerprint density at radius 2 is 1.97 bits per heavy atom. The summed E-state index contributed by atoms with van der Waals surface area (Å²) in [4.78, 5) is 31.7. The van der Waals surface area contributed by atoms with Gasteiger partial charge in [0.2, 0.25) is 5.91 Å². The Balaban J connectivity index is 1.38. The number of nitrogens with one attached hydrogen (secondary N) is 1. The summed E-state index contributed by atoms with van der Waals surface area (Å²) >= 11 is 3.09. The van der Waals surface area contributed by atoms with Crippen LogP contribution >= 0.6 is 22.7 Å². The van der Waals surface area contributed by atoms with E-state index >= 15 is 0 Å². The molecule has 0 fully saturated rings. The molecule has 7 nitrogen and oxygen atoms in total. The molecule has 1 amide bonds. The van der Waals surface area contributed by atoms with E-state index in [2.05, 4.69) is 15.4 Å². The van der Waals surface area contributed by atoms with E-state index in [1.54, 1.807) is 24.3 Å². The first-order valence-corrected chi connectivity index (χ1v) is 11.3. The highest BCUT2D eigenvalue weighted by atomic mass is 32.1. The quantitative estimate of drug-likeness (QED) is 0.429. The number of imidazole rings is 1. The fourth-order valence-electron chi connectivity index (χ4n) is 3.24. The van der Waals surface area contributed by atoms with Crippen LogP contribution in [0.15, 0.2) is 76.5 Å². The lowest BCUT2D eigenvalue weighted by molar-refractivity contribution is -0.119. The highest BCUT2D eigenvalue weighted by Crippen LogP contribution is 2.25. The van der Waals surface area contributed by atoms with E-state index < -0.39 is 6.04 Å². The minimum Gasteiger partial charge on any atom is -0.324 e. The third-order valence-electron chi connectivity index (χ3n) is 4.86. The average Bonchev–Trinajstić information content (AvgIpc) is 3.51. The second-order valence-electron chi connectivity index (χ2n) is 6.94. The lowest BCUT2D eigenvalue weighted by Gasteiger charge is -2.15. The fraction of sp³-hybridized carbons (Fsp3) is 0.0909. The van der Waals surface area contributed by atoms with Crippen LogP contribution in [0.2, 0.25) is 0 Å².